The molecule has 2 heterocycles. The molecule has 1 aliphatic rings. The Labute approximate surface area is 207 Å². The minimum Gasteiger partial charge on any atom is -0.497 e. The summed E-state index contributed by atoms with van der Waals surface area (Å²) in [5.41, 5.74) is 4.05. The van der Waals surface area contributed by atoms with Gasteiger partial charge in [0.1, 0.15) is 11.6 Å². The van der Waals surface area contributed by atoms with Crippen LogP contribution in [0.5, 0.6) is 5.75 Å². The molecule has 4 rings (SSSR count). The lowest BCUT2D eigenvalue weighted by molar-refractivity contribution is -0.134. The third-order valence-electron chi connectivity index (χ3n) is 6.31. The molecule has 184 valence electrons. The smallest absolute Gasteiger partial charge is 0.225 e. The first-order valence-electron chi connectivity index (χ1n) is 12.1. The number of ether oxygens (including phenoxy) is 2. The second kappa shape index (κ2) is 11.3. The van der Waals surface area contributed by atoms with E-state index in [1.807, 2.05) is 61.2 Å². The van der Waals surface area contributed by atoms with Gasteiger partial charge in [0.25, 0.3) is 0 Å². The molecule has 0 saturated carbocycles. The van der Waals surface area contributed by atoms with Gasteiger partial charge in [-0.3, -0.25) is 4.79 Å². The zero-order chi connectivity index (χ0) is 24.8. The molecule has 7 heteroatoms. The van der Waals surface area contributed by atoms with E-state index in [9.17, 15) is 4.79 Å². The Morgan fingerprint density at radius 1 is 0.943 bits per heavy atom. The topological polar surface area (TPSA) is 67.8 Å². The summed E-state index contributed by atoms with van der Waals surface area (Å²) in [5.74, 6) is 2.64. The average Bonchev–Trinajstić information content (AvgIpc) is 2.90. The average molecular weight is 475 g/mol. The predicted molar refractivity (Wildman–Crippen MR) is 138 cm³/mol. The van der Waals surface area contributed by atoms with Gasteiger partial charge in [0, 0.05) is 56.8 Å². The summed E-state index contributed by atoms with van der Waals surface area (Å²) in [6.07, 6.45) is 0.679. The van der Waals surface area contributed by atoms with Crippen LogP contribution >= 0.6 is 0 Å². The highest BCUT2D eigenvalue weighted by molar-refractivity contribution is 5.78. The minimum atomic E-state index is 0.00391. The standard InChI is InChI=1S/C28H34N4O3/c1-20(2)28(33)32-16-14-31(15-17-32)27-24(18-21-10-12-23(35-4)13-11-21)25(19-34-3)29-26(30-27)22-8-6-5-7-9-22/h5-13,20H,14-19H2,1-4H3. The fourth-order valence-electron chi connectivity index (χ4n) is 4.38. The number of carbonyl (C=O) groups is 1. The van der Waals surface area contributed by atoms with Crippen LogP contribution in [0.4, 0.5) is 5.82 Å². The predicted octanol–water partition coefficient (Wildman–Crippen LogP) is 4.19. The number of amides is 1. The van der Waals surface area contributed by atoms with Crippen molar-refractivity contribution in [2.45, 2.75) is 26.9 Å². The molecular weight excluding hydrogens is 440 g/mol. The molecule has 1 amide bonds. The number of rotatable bonds is 8. The summed E-state index contributed by atoms with van der Waals surface area (Å²) in [5, 5.41) is 0. The Hall–Kier alpha value is -3.45. The van der Waals surface area contributed by atoms with Crippen LogP contribution in [0.2, 0.25) is 0 Å². The van der Waals surface area contributed by atoms with E-state index in [0.717, 1.165) is 47.0 Å². The third-order valence-corrected chi connectivity index (χ3v) is 6.31. The van der Waals surface area contributed by atoms with Crippen molar-refractivity contribution in [1.82, 2.24) is 14.9 Å². The maximum atomic E-state index is 12.5. The molecule has 1 aromatic heterocycles. The molecule has 0 aliphatic carbocycles. The van der Waals surface area contributed by atoms with E-state index < -0.39 is 0 Å². The van der Waals surface area contributed by atoms with Crippen LogP contribution in [0.15, 0.2) is 54.6 Å². The zero-order valence-corrected chi connectivity index (χ0v) is 21.0. The van der Waals surface area contributed by atoms with Crippen molar-refractivity contribution in [1.29, 1.82) is 0 Å². The van der Waals surface area contributed by atoms with Crippen molar-refractivity contribution in [3.63, 3.8) is 0 Å². The number of anilines is 1. The number of methoxy groups -OCH3 is 2. The summed E-state index contributed by atoms with van der Waals surface area (Å²) in [6.45, 7) is 7.13. The number of carbonyl (C=O) groups excluding carboxylic acids is 1. The number of hydrogen-bond donors (Lipinski definition) is 0. The molecule has 0 radical (unpaired) electrons. The van der Waals surface area contributed by atoms with Gasteiger partial charge in [-0.1, -0.05) is 56.3 Å². The minimum absolute atomic E-state index is 0.00391. The first-order valence-corrected chi connectivity index (χ1v) is 12.1. The summed E-state index contributed by atoms with van der Waals surface area (Å²) in [7, 11) is 3.36. The van der Waals surface area contributed by atoms with Gasteiger partial charge in [-0.05, 0) is 17.7 Å². The first-order chi connectivity index (χ1) is 17.0. The summed E-state index contributed by atoms with van der Waals surface area (Å²) in [6, 6.07) is 18.1. The van der Waals surface area contributed by atoms with Crippen molar-refractivity contribution in [3.8, 4) is 17.1 Å². The van der Waals surface area contributed by atoms with Crippen LogP contribution in [0.1, 0.15) is 30.7 Å². The van der Waals surface area contributed by atoms with Crippen LogP contribution < -0.4 is 9.64 Å². The number of benzene rings is 2. The maximum Gasteiger partial charge on any atom is 0.225 e. The molecule has 0 bridgehead atoms. The van der Waals surface area contributed by atoms with E-state index in [1.165, 1.54) is 0 Å². The summed E-state index contributed by atoms with van der Waals surface area (Å²) < 4.78 is 10.9. The molecule has 2 aromatic carbocycles. The molecule has 3 aromatic rings. The first kappa shape index (κ1) is 24.7. The van der Waals surface area contributed by atoms with E-state index in [-0.39, 0.29) is 11.8 Å². The Balaban J connectivity index is 1.73. The lowest BCUT2D eigenvalue weighted by atomic mass is 10.0. The Morgan fingerprint density at radius 2 is 1.63 bits per heavy atom. The third kappa shape index (κ3) is 5.80. The second-order valence-electron chi connectivity index (χ2n) is 9.09. The Morgan fingerprint density at radius 3 is 2.23 bits per heavy atom. The maximum absolute atomic E-state index is 12.5. The molecule has 1 fully saturated rings. The quantitative estimate of drug-likeness (QED) is 0.488. The van der Waals surface area contributed by atoms with E-state index in [2.05, 4.69) is 17.0 Å². The Kier molecular flexibility index (Phi) is 7.98. The number of aromatic nitrogens is 2. The van der Waals surface area contributed by atoms with Gasteiger partial charge < -0.3 is 19.3 Å². The number of hydrogen-bond acceptors (Lipinski definition) is 6. The van der Waals surface area contributed by atoms with Gasteiger partial charge in [-0.2, -0.15) is 0 Å². The van der Waals surface area contributed by atoms with Crippen molar-refractivity contribution >= 4 is 11.7 Å². The summed E-state index contributed by atoms with van der Waals surface area (Å²) >= 11 is 0. The van der Waals surface area contributed by atoms with Crippen LogP contribution in [0.25, 0.3) is 11.4 Å². The van der Waals surface area contributed by atoms with Crippen LogP contribution in [-0.4, -0.2) is 61.2 Å². The molecule has 1 saturated heterocycles. The lowest BCUT2D eigenvalue weighted by Crippen LogP contribution is -2.50. The van der Waals surface area contributed by atoms with Gasteiger partial charge in [-0.25, -0.2) is 9.97 Å². The molecule has 0 atom stereocenters. The highest BCUT2D eigenvalue weighted by Gasteiger charge is 2.27. The molecule has 35 heavy (non-hydrogen) atoms. The number of piperazine rings is 1. The van der Waals surface area contributed by atoms with E-state index >= 15 is 0 Å². The van der Waals surface area contributed by atoms with Crippen molar-refractivity contribution < 1.29 is 14.3 Å². The van der Waals surface area contributed by atoms with Gasteiger partial charge in [0.05, 0.1) is 19.4 Å². The van der Waals surface area contributed by atoms with Crippen LogP contribution in [-0.2, 0) is 22.6 Å². The highest BCUT2D eigenvalue weighted by Crippen LogP contribution is 2.29. The molecule has 1 aliphatic heterocycles. The van der Waals surface area contributed by atoms with Gasteiger partial charge in [0.2, 0.25) is 5.91 Å². The normalized spacial score (nSPS) is 13.9. The van der Waals surface area contributed by atoms with Crippen molar-refractivity contribution in [2.75, 3.05) is 45.3 Å². The fourth-order valence-corrected chi connectivity index (χ4v) is 4.38. The summed E-state index contributed by atoms with van der Waals surface area (Å²) in [4.78, 5) is 26.8. The van der Waals surface area contributed by atoms with Crippen LogP contribution in [0, 0.1) is 5.92 Å². The largest absolute Gasteiger partial charge is 0.497 e. The fraction of sp³-hybridized carbons (Fsp3) is 0.393. The van der Waals surface area contributed by atoms with Crippen molar-refractivity contribution in [3.05, 3.63) is 71.4 Å². The van der Waals surface area contributed by atoms with Crippen molar-refractivity contribution in [2.24, 2.45) is 5.92 Å². The number of nitrogens with zero attached hydrogens (tertiary/aromatic N) is 4. The van der Waals surface area contributed by atoms with E-state index in [1.54, 1.807) is 14.2 Å². The molecule has 0 spiro atoms. The van der Waals surface area contributed by atoms with E-state index in [0.29, 0.717) is 31.9 Å². The monoisotopic (exact) mass is 474 g/mol. The molecule has 0 unspecified atom stereocenters. The zero-order valence-electron chi connectivity index (χ0n) is 21.0. The molecular formula is C28H34N4O3. The van der Waals surface area contributed by atoms with Gasteiger partial charge in [-0.15, -0.1) is 0 Å². The Bertz CT molecular complexity index is 1120. The lowest BCUT2D eigenvalue weighted by Gasteiger charge is -2.37. The van der Waals surface area contributed by atoms with Gasteiger partial charge in [0.15, 0.2) is 5.82 Å². The molecule has 7 nitrogen and oxygen atoms in total. The van der Waals surface area contributed by atoms with E-state index in [4.69, 9.17) is 19.4 Å². The van der Waals surface area contributed by atoms with Crippen LogP contribution in [0.3, 0.4) is 0 Å². The second-order valence-corrected chi connectivity index (χ2v) is 9.09. The molecule has 0 N–H and O–H groups in total. The van der Waals surface area contributed by atoms with Gasteiger partial charge >= 0.3 is 0 Å². The SMILES string of the molecule is COCc1nc(-c2ccccc2)nc(N2CCN(C(=O)C(C)C)CC2)c1Cc1ccc(OC)cc1. The highest BCUT2D eigenvalue weighted by atomic mass is 16.5.